The van der Waals surface area contributed by atoms with E-state index in [9.17, 15) is 15.3 Å². The van der Waals surface area contributed by atoms with Crippen LogP contribution in [0.1, 0.15) is 17.4 Å². The van der Waals surface area contributed by atoms with Crippen LogP contribution in [-0.2, 0) is 16.0 Å². The van der Waals surface area contributed by atoms with Crippen molar-refractivity contribution in [2.24, 2.45) is 0 Å². The Kier molecular flexibility index (Phi) is 6.40. The molecule has 7 nitrogen and oxygen atoms in total. The zero-order chi connectivity index (χ0) is 21.3. The standard InChI is InChI=1S/C22H25ClN2O5/c1-29-24-11-17-19(26)20(27)21(28)22(30-17)25-12-14(10-13-6-3-2-4-7-13)18-15(23)8-5-9-16(18)25/h2-9,12,17,19-22,24,26-28H,10-11H2,1H3/t17-,19-,20+,21-,22-/m1/s1. The Bertz CT molecular complexity index is 996. The van der Waals surface area contributed by atoms with E-state index < -0.39 is 30.6 Å². The van der Waals surface area contributed by atoms with Crippen LogP contribution in [0.15, 0.2) is 54.7 Å². The van der Waals surface area contributed by atoms with Crippen LogP contribution in [-0.4, -0.2) is 58.0 Å². The number of aromatic nitrogens is 1. The van der Waals surface area contributed by atoms with Gasteiger partial charge in [0.1, 0.15) is 24.4 Å². The normalized spacial score (nSPS) is 26.9. The molecular weight excluding hydrogens is 408 g/mol. The highest BCUT2D eigenvalue weighted by Gasteiger charge is 2.44. The van der Waals surface area contributed by atoms with Crippen molar-refractivity contribution >= 4 is 22.5 Å². The van der Waals surface area contributed by atoms with Gasteiger partial charge >= 0.3 is 0 Å². The molecule has 0 aliphatic carbocycles. The van der Waals surface area contributed by atoms with Crippen LogP contribution in [0.25, 0.3) is 10.9 Å². The van der Waals surface area contributed by atoms with E-state index in [1.807, 2.05) is 54.7 Å². The smallest absolute Gasteiger partial charge is 0.163 e. The number of nitrogens with one attached hydrogen (secondary N) is 1. The second-order valence-corrected chi connectivity index (χ2v) is 7.85. The quantitative estimate of drug-likeness (QED) is 0.445. The number of halogens is 1. The highest BCUT2D eigenvalue weighted by Crippen LogP contribution is 2.36. The first kappa shape index (κ1) is 21.3. The van der Waals surface area contributed by atoms with E-state index in [-0.39, 0.29) is 6.54 Å². The minimum absolute atomic E-state index is 0.148. The average molecular weight is 433 g/mol. The molecule has 2 aromatic carbocycles. The topological polar surface area (TPSA) is 96.1 Å². The van der Waals surface area contributed by atoms with Gasteiger partial charge in [-0.05, 0) is 29.7 Å². The van der Waals surface area contributed by atoms with E-state index in [0.717, 1.165) is 22.0 Å². The zero-order valence-electron chi connectivity index (χ0n) is 16.5. The van der Waals surface area contributed by atoms with E-state index >= 15 is 0 Å². The van der Waals surface area contributed by atoms with E-state index in [1.54, 1.807) is 4.57 Å². The van der Waals surface area contributed by atoms with Crippen molar-refractivity contribution in [3.63, 3.8) is 0 Å². The maximum Gasteiger partial charge on any atom is 0.163 e. The van der Waals surface area contributed by atoms with Gasteiger partial charge in [0.15, 0.2) is 6.23 Å². The van der Waals surface area contributed by atoms with Crippen LogP contribution in [0.5, 0.6) is 0 Å². The van der Waals surface area contributed by atoms with Gasteiger partial charge < -0.3 is 29.5 Å². The SMILES string of the molecule is CONC[C@H]1O[C@@H](n2cc(Cc3ccccc3)c3c(Cl)cccc32)[C@H](O)[C@@H](O)[C@@H]1O. The van der Waals surface area contributed by atoms with Gasteiger partial charge in [0.2, 0.25) is 0 Å². The van der Waals surface area contributed by atoms with E-state index in [1.165, 1.54) is 7.11 Å². The van der Waals surface area contributed by atoms with Crippen LogP contribution in [0.3, 0.4) is 0 Å². The molecule has 5 atom stereocenters. The molecule has 30 heavy (non-hydrogen) atoms. The Balaban J connectivity index is 1.75. The van der Waals surface area contributed by atoms with Crippen molar-refractivity contribution < 1.29 is 24.9 Å². The molecule has 4 N–H and O–H groups in total. The third-order valence-corrected chi connectivity index (χ3v) is 5.83. The Morgan fingerprint density at radius 2 is 1.80 bits per heavy atom. The third kappa shape index (κ3) is 3.98. The molecule has 0 bridgehead atoms. The molecule has 0 unspecified atom stereocenters. The van der Waals surface area contributed by atoms with Crippen LogP contribution in [0.4, 0.5) is 0 Å². The summed E-state index contributed by atoms with van der Waals surface area (Å²) in [6, 6.07) is 15.6. The lowest BCUT2D eigenvalue weighted by molar-refractivity contribution is -0.245. The summed E-state index contributed by atoms with van der Waals surface area (Å²) in [5.41, 5.74) is 5.51. The number of benzene rings is 2. The lowest BCUT2D eigenvalue weighted by atomic mass is 9.98. The number of aliphatic hydroxyl groups excluding tert-OH is 3. The van der Waals surface area contributed by atoms with Crippen LogP contribution < -0.4 is 5.48 Å². The Morgan fingerprint density at radius 3 is 2.53 bits per heavy atom. The molecule has 0 radical (unpaired) electrons. The highest BCUT2D eigenvalue weighted by molar-refractivity contribution is 6.35. The molecule has 1 aromatic heterocycles. The van der Waals surface area contributed by atoms with Crippen LogP contribution in [0.2, 0.25) is 5.02 Å². The third-order valence-electron chi connectivity index (χ3n) is 5.51. The molecule has 4 rings (SSSR count). The van der Waals surface area contributed by atoms with Crippen molar-refractivity contribution in [1.82, 2.24) is 10.0 Å². The molecule has 1 saturated heterocycles. The molecule has 8 heteroatoms. The van der Waals surface area contributed by atoms with Crippen molar-refractivity contribution in [3.05, 3.63) is 70.9 Å². The molecule has 160 valence electrons. The fraction of sp³-hybridized carbons (Fsp3) is 0.364. The first-order valence-electron chi connectivity index (χ1n) is 9.78. The fourth-order valence-corrected chi connectivity index (χ4v) is 4.29. The summed E-state index contributed by atoms with van der Waals surface area (Å²) in [4.78, 5) is 4.84. The predicted molar refractivity (Wildman–Crippen MR) is 113 cm³/mol. The van der Waals surface area contributed by atoms with Gasteiger partial charge in [-0.15, -0.1) is 0 Å². The van der Waals surface area contributed by atoms with Gasteiger partial charge in [0.25, 0.3) is 0 Å². The average Bonchev–Trinajstić information content (AvgIpc) is 3.12. The number of fused-ring (bicyclic) bond motifs is 1. The van der Waals surface area contributed by atoms with Crippen LogP contribution in [0, 0.1) is 0 Å². The summed E-state index contributed by atoms with van der Waals surface area (Å²) >= 11 is 6.53. The van der Waals surface area contributed by atoms with Crippen LogP contribution >= 0.6 is 11.6 Å². The summed E-state index contributed by atoms with van der Waals surface area (Å²) < 4.78 is 7.78. The second-order valence-electron chi connectivity index (χ2n) is 7.45. The lowest BCUT2D eigenvalue weighted by Crippen LogP contribution is -2.57. The van der Waals surface area contributed by atoms with Gasteiger partial charge in [-0.2, -0.15) is 0 Å². The van der Waals surface area contributed by atoms with Crippen molar-refractivity contribution in [2.45, 2.75) is 37.1 Å². The van der Waals surface area contributed by atoms with Gasteiger partial charge in [-0.3, -0.25) is 0 Å². The minimum atomic E-state index is -1.37. The van der Waals surface area contributed by atoms with E-state index in [2.05, 4.69) is 5.48 Å². The molecule has 3 aromatic rings. The monoisotopic (exact) mass is 432 g/mol. The van der Waals surface area contributed by atoms with Crippen molar-refractivity contribution in [1.29, 1.82) is 0 Å². The van der Waals surface area contributed by atoms with Gasteiger partial charge in [-0.1, -0.05) is 48.0 Å². The van der Waals surface area contributed by atoms with E-state index in [0.29, 0.717) is 11.4 Å². The predicted octanol–water partition coefficient (Wildman–Crippen LogP) is 2.02. The largest absolute Gasteiger partial charge is 0.388 e. The van der Waals surface area contributed by atoms with Crippen molar-refractivity contribution in [3.8, 4) is 0 Å². The van der Waals surface area contributed by atoms with Gasteiger partial charge in [-0.25, -0.2) is 5.48 Å². The molecule has 1 aliphatic heterocycles. The molecule has 1 fully saturated rings. The molecule has 2 heterocycles. The Morgan fingerprint density at radius 1 is 1.03 bits per heavy atom. The second kappa shape index (κ2) is 9.03. The maximum absolute atomic E-state index is 10.7. The van der Waals surface area contributed by atoms with E-state index in [4.69, 9.17) is 21.2 Å². The summed E-state index contributed by atoms with van der Waals surface area (Å²) in [5.74, 6) is 0. The maximum atomic E-state index is 10.7. The number of hydrogen-bond donors (Lipinski definition) is 4. The van der Waals surface area contributed by atoms with Gasteiger partial charge in [0, 0.05) is 11.6 Å². The molecule has 0 amide bonds. The summed E-state index contributed by atoms with van der Waals surface area (Å²) in [7, 11) is 1.45. The number of ether oxygens (including phenoxy) is 1. The molecule has 1 aliphatic rings. The number of hydrogen-bond acceptors (Lipinski definition) is 6. The first-order valence-corrected chi connectivity index (χ1v) is 10.2. The molecular formula is C22H25ClN2O5. The Hall–Kier alpha value is -1.97. The van der Waals surface area contributed by atoms with Gasteiger partial charge in [0.05, 0.1) is 24.2 Å². The minimum Gasteiger partial charge on any atom is -0.388 e. The number of aliphatic hydroxyl groups is 3. The summed E-state index contributed by atoms with van der Waals surface area (Å²) in [6.07, 6.45) is -3.09. The highest BCUT2D eigenvalue weighted by atomic mass is 35.5. The number of rotatable bonds is 6. The molecule has 0 saturated carbocycles. The zero-order valence-corrected chi connectivity index (χ0v) is 17.2. The summed E-state index contributed by atoms with van der Waals surface area (Å²) in [6.45, 7) is 0.148. The Labute approximate surface area is 179 Å². The fourth-order valence-electron chi connectivity index (χ4n) is 4.00. The summed E-state index contributed by atoms with van der Waals surface area (Å²) in [5, 5.41) is 32.9. The number of nitrogens with zero attached hydrogens (tertiary/aromatic N) is 1. The lowest BCUT2D eigenvalue weighted by Gasteiger charge is -2.41. The molecule has 0 spiro atoms. The van der Waals surface area contributed by atoms with Crippen molar-refractivity contribution in [2.75, 3.05) is 13.7 Å². The first-order chi connectivity index (χ1) is 14.5. The number of hydroxylamine groups is 1.